The second kappa shape index (κ2) is 16.7. The van der Waals surface area contributed by atoms with E-state index in [-0.39, 0.29) is 0 Å². The number of para-hydroxylation sites is 3. The van der Waals surface area contributed by atoms with Crippen molar-refractivity contribution < 1.29 is 4.74 Å². The molecule has 0 radical (unpaired) electrons. The summed E-state index contributed by atoms with van der Waals surface area (Å²) >= 11 is 0. The van der Waals surface area contributed by atoms with Crippen molar-refractivity contribution in [1.29, 1.82) is 0 Å². The van der Waals surface area contributed by atoms with Gasteiger partial charge in [0.25, 0.3) is 0 Å². The lowest BCUT2D eigenvalue weighted by atomic mass is 9.99. The summed E-state index contributed by atoms with van der Waals surface area (Å²) in [4.78, 5) is 0. The van der Waals surface area contributed by atoms with E-state index in [2.05, 4.69) is 242 Å². The normalized spacial score (nSPS) is 14.1. The van der Waals surface area contributed by atoms with Crippen molar-refractivity contribution in [3.05, 3.63) is 266 Å². The summed E-state index contributed by atoms with van der Waals surface area (Å²) in [6.07, 6.45) is 6.31. The molecule has 2 heterocycles. The van der Waals surface area contributed by atoms with Gasteiger partial charge in [0, 0.05) is 22.0 Å². The zero-order valence-electron chi connectivity index (χ0n) is 35.4. The predicted octanol–water partition coefficient (Wildman–Crippen LogP) is 12.5. The summed E-state index contributed by atoms with van der Waals surface area (Å²) in [5.74, 6) is 0.844. The first-order chi connectivity index (χ1) is 31.6. The van der Waals surface area contributed by atoms with E-state index < -0.39 is 8.07 Å². The number of hydrogen-bond acceptors (Lipinski definition) is 1. The molecule has 9 aromatic carbocycles. The third-order valence-electron chi connectivity index (χ3n) is 12.8. The van der Waals surface area contributed by atoms with Crippen LogP contribution in [0.5, 0.6) is 5.75 Å². The fourth-order valence-corrected chi connectivity index (χ4v) is 14.6. The summed E-state index contributed by atoms with van der Waals surface area (Å²) in [5, 5.41) is 7.85. The van der Waals surface area contributed by atoms with E-state index in [0.717, 1.165) is 39.3 Å². The fourth-order valence-electron chi connectivity index (χ4n) is 9.78. The molecule has 0 N–H and O–H groups in total. The van der Waals surface area contributed by atoms with Crippen molar-refractivity contribution in [3.8, 4) is 33.7 Å². The molecule has 0 atom stereocenters. The van der Waals surface area contributed by atoms with Crippen LogP contribution in [0.2, 0.25) is 0 Å². The van der Waals surface area contributed by atoms with Gasteiger partial charge in [0.05, 0.1) is 11.0 Å². The minimum atomic E-state index is -2.93. The third-order valence-corrected chi connectivity index (χ3v) is 17.6. The number of nitrogens with zero attached hydrogens (tertiary/aromatic N) is 1. The topological polar surface area (TPSA) is 14.2 Å². The number of allylic oxidation sites excluding steroid dienone is 4. The molecule has 0 bridgehead atoms. The van der Waals surface area contributed by atoms with E-state index in [4.69, 9.17) is 4.74 Å². The Morgan fingerprint density at radius 1 is 0.422 bits per heavy atom. The monoisotopic (exact) mass is 835 g/mol. The van der Waals surface area contributed by atoms with Crippen molar-refractivity contribution >= 4 is 61.8 Å². The van der Waals surface area contributed by atoms with Gasteiger partial charge in [0.1, 0.15) is 12.4 Å². The molecule has 0 fully saturated rings. The maximum atomic E-state index is 6.44. The van der Waals surface area contributed by atoms with Crippen molar-refractivity contribution in [2.75, 3.05) is 6.61 Å². The van der Waals surface area contributed by atoms with Gasteiger partial charge in [-0.3, -0.25) is 0 Å². The van der Waals surface area contributed by atoms with E-state index in [1.807, 2.05) is 18.2 Å². The summed E-state index contributed by atoms with van der Waals surface area (Å²) in [7, 11) is -2.93. The van der Waals surface area contributed by atoms with Crippen LogP contribution in [0.15, 0.2) is 255 Å². The second-order valence-electron chi connectivity index (χ2n) is 16.5. The van der Waals surface area contributed by atoms with Crippen LogP contribution in [0, 0.1) is 0 Å². The molecule has 1 aliphatic rings. The van der Waals surface area contributed by atoms with Crippen molar-refractivity contribution in [2.45, 2.75) is 0 Å². The maximum Gasteiger partial charge on any atom is 0.179 e. The van der Waals surface area contributed by atoms with E-state index in [1.165, 1.54) is 59.2 Å². The highest BCUT2D eigenvalue weighted by Gasteiger charge is 2.41. The van der Waals surface area contributed by atoms with Gasteiger partial charge in [-0.05, 0) is 96.1 Å². The molecule has 0 spiro atoms. The van der Waals surface area contributed by atoms with Gasteiger partial charge >= 0.3 is 0 Å². The molecule has 1 aromatic heterocycles. The zero-order chi connectivity index (χ0) is 42.9. The first-order valence-corrected chi connectivity index (χ1v) is 24.0. The third kappa shape index (κ3) is 6.93. The molecule has 0 saturated carbocycles. The Hall–Kier alpha value is -7.98. The van der Waals surface area contributed by atoms with Crippen LogP contribution in [-0.2, 0) is 0 Å². The van der Waals surface area contributed by atoms with Crippen LogP contribution < -0.4 is 25.5 Å². The molecular formula is C61H45NOSi. The van der Waals surface area contributed by atoms with Gasteiger partial charge in [0.15, 0.2) is 8.07 Å². The lowest BCUT2D eigenvalue weighted by molar-refractivity contribution is 0.369. The number of rotatable bonds is 8. The molecule has 3 heteroatoms. The van der Waals surface area contributed by atoms with Gasteiger partial charge in [-0.25, -0.2) is 0 Å². The van der Waals surface area contributed by atoms with E-state index in [9.17, 15) is 0 Å². The average molecular weight is 836 g/mol. The molecule has 1 aliphatic heterocycles. The SMILES string of the molecule is C=C1/C=C\C=C(\c2cccc(-c3cccc([Si](c4ccccc4)(c4ccccc4)c4cccc(-c5cccc(-n6c7ccccc7c7ccccc76)c5)c4)c3)c2)COc2ccccc21. The smallest absolute Gasteiger partial charge is 0.179 e. The molecule has 0 unspecified atom stereocenters. The minimum absolute atomic E-state index is 0.452. The number of aromatic nitrogens is 1. The Labute approximate surface area is 376 Å². The lowest BCUT2D eigenvalue weighted by Crippen LogP contribution is -2.74. The van der Waals surface area contributed by atoms with Gasteiger partial charge in [0.2, 0.25) is 0 Å². The highest BCUT2D eigenvalue weighted by atomic mass is 28.3. The molecule has 64 heavy (non-hydrogen) atoms. The summed E-state index contributed by atoms with van der Waals surface area (Å²) in [6, 6.07) is 84.6. The number of benzene rings is 9. The number of ether oxygens (including phenoxy) is 1. The van der Waals surface area contributed by atoms with Crippen LogP contribution in [0.3, 0.4) is 0 Å². The van der Waals surface area contributed by atoms with Gasteiger partial charge in [-0.2, -0.15) is 0 Å². The van der Waals surface area contributed by atoms with Crippen molar-refractivity contribution in [1.82, 2.24) is 4.57 Å². The molecule has 0 aliphatic carbocycles. The minimum Gasteiger partial charge on any atom is -0.488 e. The quantitative estimate of drug-likeness (QED) is 0.110. The first-order valence-electron chi connectivity index (χ1n) is 22.0. The maximum absolute atomic E-state index is 6.44. The fraction of sp³-hybridized carbons (Fsp3) is 0.0164. The molecule has 304 valence electrons. The Balaban J connectivity index is 1.04. The van der Waals surface area contributed by atoms with E-state index in [1.54, 1.807) is 0 Å². The second-order valence-corrected chi connectivity index (χ2v) is 20.3. The van der Waals surface area contributed by atoms with Gasteiger partial charge in [-0.15, -0.1) is 0 Å². The summed E-state index contributed by atoms with van der Waals surface area (Å²) in [6.45, 7) is 4.75. The molecule has 0 saturated heterocycles. The summed E-state index contributed by atoms with van der Waals surface area (Å²) in [5.41, 5.74) is 12.5. The molecule has 11 rings (SSSR count). The number of hydrogen-bond donors (Lipinski definition) is 0. The van der Waals surface area contributed by atoms with Crippen LogP contribution in [0.25, 0.3) is 60.9 Å². The van der Waals surface area contributed by atoms with Gasteiger partial charge in [-0.1, -0.05) is 219 Å². The van der Waals surface area contributed by atoms with Crippen LogP contribution in [0.1, 0.15) is 11.1 Å². The first kappa shape index (κ1) is 38.9. The largest absolute Gasteiger partial charge is 0.488 e. The lowest BCUT2D eigenvalue weighted by Gasteiger charge is -2.35. The zero-order valence-corrected chi connectivity index (χ0v) is 36.4. The molecular weight excluding hydrogens is 791 g/mol. The van der Waals surface area contributed by atoms with E-state index >= 15 is 0 Å². The van der Waals surface area contributed by atoms with Gasteiger partial charge < -0.3 is 9.30 Å². The summed E-state index contributed by atoms with van der Waals surface area (Å²) < 4.78 is 8.84. The van der Waals surface area contributed by atoms with Crippen molar-refractivity contribution in [3.63, 3.8) is 0 Å². The highest BCUT2D eigenvalue weighted by molar-refractivity contribution is 7.20. The van der Waals surface area contributed by atoms with Crippen LogP contribution in [-0.4, -0.2) is 19.2 Å². The van der Waals surface area contributed by atoms with Crippen LogP contribution >= 0.6 is 0 Å². The average Bonchev–Trinajstić information content (AvgIpc) is 3.74. The Morgan fingerprint density at radius 3 is 1.55 bits per heavy atom. The molecule has 10 aromatic rings. The Bertz CT molecular complexity index is 3320. The van der Waals surface area contributed by atoms with Crippen molar-refractivity contribution in [2.24, 2.45) is 0 Å². The Morgan fingerprint density at radius 2 is 0.906 bits per heavy atom. The predicted molar refractivity (Wildman–Crippen MR) is 273 cm³/mol. The Kier molecular flexibility index (Phi) is 10.2. The highest BCUT2D eigenvalue weighted by Crippen LogP contribution is 2.34. The standard InChI is InChI=1S/C61H45NOSi/c1-44-19-14-25-50(43-63-61-38-13-10-33-56(44)61)46-21-15-20-45(39-46)48-23-17-31-54(41-48)64(52-27-4-2-5-28-52,53-29-6-3-7-30-53)55-32-18-24-49(42-55)47-22-16-26-51(40-47)62-59-36-11-8-34-57(59)58-35-9-12-37-60(58)62/h2-42H,1,43H2/b19-14-,50-25+. The molecule has 2 nitrogen and oxygen atoms in total. The number of fused-ring (bicyclic) bond motifs is 4. The van der Waals surface area contributed by atoms with Crippen LogP contribution in [0.4, 0.5) is 0 Å². The van der Waals surface area contributed by atoms with E-state index in [0.29, 0.717) is 6.61 Å². The molecule has 0 amide bonds.